The smallest absolute Gasteiger partial charge is 0.0729 e. The first-order chi connectivity index (χ1) is 8.31. The number of hydrogen-bond donors (Lipinski definition) is 1. The number of hydrogen-bond acceptors (Lipinski definition) is 2. The van der Waals surface area contributed by atoms with Crippen LogP contribution in [0.3, 0.4) is 0 Å². The summed E-state index contributed by atoms with van der Waals surface area (Å²) in [4.78, 5) is 0. The van der Waals surface area contributed by atoms with Gasteiger partial charge in [-0.2, -0.15) is 5.10 Å². The lowest BCUT2D eigenvalue weighted by molar-refractivity contribution is 0.768. The van der Waals surface area contributed by atoms with Crippen molar-refractivity contribution in [1.29, 1.82) is 0 Å². The van der Waals surface area contributed by atoms with Crippen LogP contribution in [-0.4, -0.2) is 9.78 Å². The van der Waals surface area contributed by atoms with Gasteiger partial charge in [0, 0.05) is 19.8 Å². The first-order valence-electron chi connectivity index (χ1n) is 6.12. The quantitative estimate of drug-likeness (QED) is 0.870. The average Bonchev–Trinajstić information content (AvgIpc) is 3.11. The van der Waals surface area contributed by atoms with E-state index in [0.717, 1.165) is 18.2 Å². The van der Waals surface area contributed by atoms with Crippen molar-refractivity contribution >= 4 is 5.69 Å². The largest absolute Gasteiger partial charge is 0.378 e. The van der Waals surface area contributed by atoms with Crippen LogP contribution >= 0.6 is 0 Å². The highest BCUT2D eigenvalue weighted by molar-refractivity contribution is 5.39. The first-order valence-corrected chi connectivity index (χ1v) is 6.12. The highest BCUT2D eigenvalue weighted by atomic mass is 15.3. The number of nitrogens with one attached hydrogen (secondary N) is 1. The van der Waals surface area contributed by atoms with Crippen LogP contribution in [0.1, 0.15) is 29.9 Å². The predicted octanol–water partition coefficient (Wildman–Crippen LogP) is 2.91. The van der Waals surface area contributed by atoms with E-state index in [-0.39, 0.29) is 0 Å². The Kier molecular flexibility index (Phi) is 2.59. The molecule has 0 saturated heterocycles. The molecule has 3 rings (SSSR count). The highest BCUT2D eigenvalue weighted by Gasteiger charge is 2.22. The summed E-state index contributed by atoms with van der Waals surface area (Å²) in [5.41, 5.74) is 3.88. The maximum absolute atomic E-state index is 4.13. The van der Waals surface area contributed by atoms with Crippen LogP contribution in [0.4, 0.5) is 5.69 Å². The van der Waals surface area contributed by atoms with Gasteiger partial charge in [0.05, 0.1) is 11.9 Å². The molecule has 0 radical (unpaired) electrons. The predicted molar refractivity (Wildman–Crippen MR) is 69.0 cm³/mol. The van der Waals surface area contributed by atoms with E-state index in [4.69, 9.17) is 0 Å². The van der Waals surface area contributed by atoms with Gasteiger partial charge in [-0.1, -0.05) is 24.3 Å². The van der Waals surface area contributed by atoms with Crippen LogP contribution in [-0.2, 0) is 13.6 Å². The Morgan fingerprint density at radius 1 is 1.29 bits per heavy atom. The third-order valence-corrected chi connectivity index (χ3v) is 3.23. The Morgan fingerprint density at radius 2 is 2.06 bits per heavy atom. The molecule has 17 heavy (non-hydrogen) atoms. The molecule has 3 nitrogen and oxygen atoms in total. The molecule has 0 atom stereocenters. The Labute approximate surface area is 101 Å². The number of aromatic nitrogens is 2. The summed E-state index contributed by atoms with van der Waals surface area (Å²) in [6.45, 7) is 0.858. The molecule has 1 saturated carbocycles. The lowest BCUT2D eigenvalue weighted by atomic mass is 10.1. The third-order valence-electron chi connectivity index (χ3n) is 3.23. The van der Waals surface area contributed by atoms with Crippen LogP contribution in [0.25, 0.3) is 0 Å². The van der Waals surface area contributed by atoms with E-state index in [2.05, 4.69) is 34.7 Å². The molecule has 1 N–H and O–H groups in total. The normalized spacial score (nSPS) is 14.9. The molecule has 1 aromatic carbocycles. The minimum atomic E-state index is 0.843. The second-order valence-corrected chi connectivity index (χ2v) is 4.77. The minimum Gasteiger partial charge on any atom is -0.378 e. The van der Waals surface area contributed by atoms with E-state index in [0.29, 0.717) is 0 Å². The summed E-state index contributed by atoms with van der Waals surface area (Å²) in [7, 11) is 1.93. The molecule has 0 unspecified atom stereocenters. The molecule has 0 bridgehead atoms. The number of nitrogens with zero attached hydrogens (tertiary/aromatic N) is 2. The summed E-state index contributed by atoms with van der Waals surface area (Å²) in [6.07, 6.45) is 6.57. The molecular formula is C14H17N3. The van der Waals surface area contributed by atoms with Gasteiger partial charge >= 0.3 is 0 Å². The number of benzene rings is 1. The van der Waals surface area contributed by atoms with Crippen LogP contribution < -0.4 is 5.32 Å². The summed E-state index contributed by atoms with van der Waals surface area (Å²) >= 11 is 0. The van der Waals surface area contributed by atoms with Crippen molar-refractivity contribution in [2.75, 3.05) is 5.32 Å². The first kappa shape index (κ1) is 10.4. The molecule has 0 amide bonds. The van der Waals surface area contributed by atoms with E-state index < -0.39 is 0 Å². The Balaban J connectivity index is 1.60. The maximum Gasteiger partial charge on any atom is 0.0729 e. The number of rotatable bonds is 4. The summed E-state index contributed by atoms with van der Waals surface area (Å²) in [6, 6.07) is 8.96. The van der Waals surface area contributed by atoms with Gasteiger partial charge in [-0.05, 0) is 29.9 Å². The molecule has 1 aliphatic rings. The van der Waals surface area contributed by atoms with Crippen molar-refractivity contribution in [2.45, 2.75) is 25.3 Å². The molecule has 1 aliphatic carbocycles. The van der Waals surface area contributed by atoms with Gasteiger partial charge in [-0.25, -0.2) is 0 Å². The fourth-order valence-corrected chi connectivity index (χ4v) is 2.04. The van der Waals surface area contributed by atoms with Crippen molar-refractivity contribution in [2.24, 2.45) is 7.05 Å². The van der Waals surface area contributed by atoms with Crippen molar-refractivity contribution in [3.63, 3.8) is 0 Å². The van der Waals surface area contributed by atoms with Gasteiger partial charge in [-0.3, -0.25) is 4.68 Å². The van der Waals surface area contributed by atoms with Gasteiger partial charge in [0.2, 0.25) is 0 Å². The van der Waals surface area contributed by atoms with Gasteiger partial charge in [0.15, 0.2) is 0 Å². The van der Waals surface area contributed by atoms with E-state index in [1.54, 1.807) is 4.68 Å². The van der Waals surface area contributed by atoms with Crippen molar-refractivity contribution in [3.8, 4) is 0 Å². The Morgan fingerprint density at radius 3 is 2.65 bits per heavy atom. The number of anilines is 1. The lowest BCUT2D eigenvalue weighted by Gasteiger charge is -2.05. The third kappa shape index (κ3) is 2.49. The fourth-order valence-electron chi connectivity index (χ4n) is 2.04. The monoisotopic (exact) mass is 227 g/mol. The summed E-state index contributed by atoms with van der Waals surface area (Å²) in [5.74, 6) is 0.843. The van der Waals surface area contributed by atoms with Crippen molar-refractivity contribution in [1.82, 2.24) is 9.78 Å². The molecule has 2 aromatic rings. The molecule has 1 heterocycles. The zero-order chi connectivity index (χ0) is 11.7. The zero-order valence-electron chi connectivity index (χ0n) is 10.1. The molecule has 1 fully saturated rings. The van der Waals surface area contributed by atoms with Crippen LogP contribution in [0.2, 0.25) is 0 Å². The second kappa shape index (κ2) is 4.24. The molecule has 88 valence electrons. The second-order valence-electron chi connectivity index (χ2n) is 4.77. The van der Waals surface area contributed by atoms with Gasteiger partial charge < -0.3 is 5.32 Å². The van der Waals surface area contributed by atoms with Crippen molar-refractivity contribution < 1.29 is 0 Å². The van der Waals surface area contributed by atoms with Crippen LogP contribution in [0.5, 0.6) is 0 Å². The topological polar surface area (TPSA) is 29.9 Å². The van der Waals surface area contributed by atoms with Crippen LogP contribution in [0, 0.1) is 0 Å². The summed E-state index contributed by atoms with van der Waals surface area (Å²) < 4.78 is 1.80. The van der Waals surface area contributed by atoms with Crippen molar-refractivity contribution in [3.05, 3.63) is 47.8 Å². The minimum absolute atomic E-state index is 0.843. The highest BCUT2D eigenvalue weighted by Crippen LogP contribution is 2.39. The zero-order valence-corrected chi connectivity index (χ0v) is 10.1. The van der Waals surface area contributed by atoms with Gasteiger partial charge in [0.25, 0.3) is 0 Å². The number of aryl methyl sites for hydroxylation is 1. The Hall–Kier alpha value is -1.77. The van der Waals surface area contributed by atoms with Crippen LogP contribution in [0.15, 0.2) is 36.7 Å². The average molecular weight is 227 g/mol. The van der Waals surface area contributed by atoms with Gasteiger partial charge in [-0.15, -0.1) is 0 Å². The van der Waals surface area contributed by atoms with E-state index in [1.807, 2.05) is 19.4 Å². The summed E-state index contributed by atoms with van der Waals surface area (Å²) in [5, 5.41) is 7.49. The van der Waals surface area contributed by atoms with E-state index >= 15 is 0 Å². The van der Waals surface area contributed by atoms with E-state index in [9.17, 15) is 0 Å². The molecule has 3 heteroatoms. The molecule has 0 spiro atoms. The van der Waals surface area contributed by atoms with Gasteiger partial charge in [0.1, 0.15) is 0 Å². The molecule has 1 aromatic heterocycles. The van der Waals surface area contributed by atoms with E-state index in [1.165, 1.54) is 24.0 Å². The maximum atomic E-state index is 4.13. The Bertz CT molecular complexity index is 494. The fraction of sp³-hybridized carbons (Fsp3) is 0.357. The lowest BCUT2D eigenvalue weighted by Crippen LogP contribution is -1.98. The molecule has 0 aliphatic heterocycles. The SMILES string of the molecule is Cn1cc(NCc2ccc(C3CC3)cc2)cn1. The molecular weight excluding hydrogens is 210 g/mol. The standard InChI is InChI=1S/C14H17N3/c1-17-10-14(9-16-17)15-8-11-2-4-12(5-3-11)13-6-7-13/h2-5,9-10,13,15H,6-8H2,1H3.